The normalized spacial score (nSPS) is 16.4. The highest BCUT2D eigenvalue weighted by atomic mass is 32.2. The first kappa shape index (κ1) is 17.8. The molecule has 6 nitrogen and oxygen atoms in total. The summed E-state index contributed by atoms with van der Waals surface area (Å²) in [7, 11) is 0. The van der Waals surface area contributed by atoms with Gasteiger partial charge in [-0.2, -0.15) is 0 Å². The fourth-order valence-corrected chi connectivity index (χ4v) is 4.37. The minimum absolute atomic E-state index is 0.242. The number of carbonyl (C=O) groups excluding carboxylic acids is 1. The maximum atomic E-state index is 12.8. The highest BCUT2D eigenvalue weighted by Crippen LogP contribution is 2.42. The fraction of sp³-hybridized carbons (Fsp3) is 0.353. The Balaban J connectivity index is 2.27. The number of H-pyrrole nitrogens is 1. The Morgan fingerprint density at radius 1 is 1.44 bits per heavy atom. The first-order chi connectivity index (χ1) is 12.0. The van der Waals surface area contributed by atoms with E-state index in [2.05, 4.69) is 15.3 Å². The number of aromatic amines is 1. The van der Waals surface area contributed by atoms with E-state index in [9.17, 15) is 9.59 Å². The third-order valence-electron chi connectivity index (χ3n) is 4.07. The zero-order valence-corrected chi connectivity index (χ0v) is 16.1. The van der Waals surface area contributed by atoms with Crippen molar-refractivity contribution >= 4 is 34.9 Å². The van der Waals surface area contributed by atoms with Crippen LogP contribution in [0.4, 0.5) is 5.82 Å². The minimum atomic E-state index is -0.484. The van der Waals surface area contributed by atoms with Gasteiger partial charge in [0.2, 0.25) is 0 Å². The van der Waals surface area contributed by atoms with Gasteiger partial charge in [-0.15, -0.1) is 11.3 Å². The number of aromatic nitrogens is 2. The molecule has 3 heterocycles. The molecule has 0 amide bonds. The van der Waals surface area contributed by atoms with E-state index in [1.165, 1.54) is 23.1 Å². The lowest BCUT2D eigenvalue weighted by molar-refractivity contribution is -0.138. The number of thiophene rings is 1. The molecule has 0 bridgehead atoms. The van der Waals surface area contributed by atoms with Crippen LogP contribution in [0.15, 0.2) is 32.7 Å². The van der Waals surface area contributed by atoms with Crippen LogP contribution in [-0.4, -0.2) is 28.8 Å². The highest BCUT2D eigenvalue weighted by Gasteiger charge is 2.37. The van der Waals surface area contributed by atoms with Gasteiger partial charge in [0, 0.05) is 10.6 Å². The van der Waals surface area contributed by atoms with E-state index in [0.29, 0.717) is 27.8 Å². The Hall–Kier alpha value is -2.06. The highest BCUT2D eigenvalue weighted by molar-refractivity contribution is 7.98. The molecule has 0 saturated heterocycles. The molecule has 1 aliphatic rings. The largest absolute Gasteiger partial charge is 0.463 e. The summed E-state index contributed by atoms with van der Waals surface area (Å²) in [5, 5.41) is 5.61. The number of anilines is 1. The molecule has 0 saturated carbocycles. The van der Waals surface area contributed by atoms with Gasteiger partial charge in [-0.1, -0.05) is 11.8 Å². The number of rotatable bonds is 4. The Morgan fingerprint density at radius 2 is 2.20 bits per heavy atom. The van der Waals surface area contributed by atoms with Crippen LogP contribution in [0.1, 0.15) is 35.8 Å². The van der Waals surface area contributed by atoms with Crippen LogP contribution >= 0.6 is 23.1 Å². The van der Waals surface area contributed by atoms with Crippen molar-refractivity contribution in [2.24, 2.45) is 0 Å². The van der Waals surface area contributed by atoms with Gasteiger partial charge in [0.05, 0.1) is 23.7 Å². The number of carbonyl (C=O) groups is 1. The van der Waals surface area contributed by atoms with Gasteiger partial charge in [-0.25, -0.2) is 9.78 Å². The second kappa shape index (κ2) is 7.05. The number of hydrogen-bond acceptors (Lipinski definition) is 7. The van der Waals surface area contributed by atoms with Crippen LogP contribution in [0.3, 0.4) is 0 Å². The van der Waals surface area contributed by atoms with Crippen molar-refractivity contribution < 1.29 is 9.53 Å². The molecular weight excluding hydrogens is 358 g/mol. The number of allylic oxidation sites excluding steroid dienone is 1. The average Bonchev–Trinajstić information content (AvgIpc) is 2.99. The number of esters is 1. The van der Waals surface area contributed by atoms with Crippen molar-refractivity contribution in [1.82, 2.24) is 9.97 Å². The van der Waals surface area contributed by atoms with E-state index < -0.39 is 11.9 Å². The molecule has 2 aromatic rings. The molecule has 0 aromatic carbocycles. The summed E-state index contributed by atoms with van der Waals surface area (Å²) in [5.41, 5.74) is 2.37. The summed E-state index contributed by atoms with van der Waals surface area (Å²) < 4.78 is 5.25. The molecule has 0 spiro atoms. The van der Waals surface area contributed by atoms with E-state index in [4.69, 9.17) is 4.74 Å². The molecule has 1 unspecified atom stereocenters. The predicted octanol–water partition coefficient (Wildman–Crippen LogP) is 3.26. The summed E-state index contributed by atoms with van der Waals surface area (Å²) in [6.45, 7) is 5.83. The zero-order valence-electron chi connectivity index (χ0n) is 14.4. The third kappa shape index (κ3) is 3.11. The van der Waals surface area contributed by atoms with Gasteiger partial charge in [0.25, 0.3) is 5.56 Å². The number of thioether (sulfide) groups is 1. The smallest absolute Gasteiger partial charge is 0.336 e. The number of fused-ring (bicyclic) bond motifs is 1. The Bertz CT molecular complexity index is 914. The number of hydrogen-bond donors (Lipinski definition) is 2. The molecule has 0 fully saturated rings. The van der Waals surface area contributed by atoms with E-state index in [0.717, 1.165) is 10.4 Å². The first-order valence-corrected chi connectivity index (χ1v) is 9.95. The minimum Gasteiger partial charge on any atom is -0.463 e. The maximum absolute atomic E-state index is 12.8. The van der Waals surface area contributed by atoms with Gasteiger partial charge < -0.3 is 15.0 Å². The summed E-state index contributed by atoms with van der Waals surface area (Å²) in [6.07, 6.45) is 1.85. The van der Waals surface area contributed by atoms with E-state index >= 15 is 0 Å². The Morgan fingerprint density at radius 3 is 2.80 bits per heavy atom. The number of ether oxygens (including phenoxy) is 1. The number of nitrogens with zero attached hydrogens (tertiary/aromatic N) is 1. The molecule has 1 atom stereocenters. The van der Waals surface area contributed by atoms with Crippen LogP contribution < -0.4 is 10.9 Å². The van der Waals surface area contributed by atoms with Crippen LogP contribution in [-0.2, 0) is 9.53 Å². The van der Waals surface area contributed by atoms with Crippen LogP contribution in [0.5, 0.6) is 0 Å². The lowest BCUT2D eigenvalue weighted by atomic mass is 9.85. The molecule has 0 aliphatic carbocycles. The van der Waals surface area contributed by atoms with Crippen LogP contribution in [0, 0.1) is 6.92 Å². The van der Waals surface area contributed by atoms with Crippen molar-refractivity contribution in [1.29, 1.82) is 0 Å². The molecule has 132 valence electrons. The van der Waals surface area contributed by atoms with Crippen molar-refractivity contribution in [2.45, 2.75) is 31.8 Å². The lowest BCUT2D eigenvalue weighted by Crippen LogP contribution is -2.31. The van der Waals surface area contributed by atoms with Crippen LogP contribution in [0.2, 0.25) is 0 Å². The molecule has 1 aliphatic heterocycles. The van der Waals surface area contributed by atoms with Crippen molar-refractivity contribution in [3.63, 3.8) is 0 Å². The number of aryl methyl sites for hydroxylation is 1. The van der Waals surface area contributed by atoms with Crippen molar-refractivity contribution in [2.75, 3.05) is 18.2 Å². The SMILES string of the molecule is CCOC(=O)C1=C(C)Nc2nc(SC)[nH]c(=O)c2C1c1sccc1C. The topological polar surface area (TPSA) is 84.1 Å². The van der Waals surface area contributed by atoms with Gasteiger partial charge in [0.15, 0.2) is 5.16 Å². The van der Waals surface area contributed by atoms with E-state index in [1.807, 2.05) is 31.5 Å². The molecule has 2 aromatic heterocycles. The Labute approximate surface area is 153 Å². The quantitative estimate of drug-likeness (QED) is 0.483. The van der Waals surface area contributed by atoms with Gasteiger partial charge in [-0.05, 0) is 44.0 Å². The third-order valence-corrected chi connectivity index (χ3v) is 5.74. The molecule has 2 N–H and O–H groups in total. The fourth-order valence-electron chi connectivity index (χ4n) is 2.95. The monoisotopic (exact) mass is 377 g/mol. The molecule has 3 rings (SSSR count). The van der Waals surface area contributed by atoms with Gasteiger partial charge in [0.1, 0.15) is 5.82 Å². The predicted molar refractivity (Wildman–Crippen MR) is 100 cm³/mol. The Kier molecular flexibility index (Phi) is 5.01. The molecule has 0 radical (unpaired) electrons. The standard InChI is InChI=1S/C17H19N3O3S2/c1-5-23-16(22)10-9(3)18-14-12(15(21)20-17(19-14)24-4)11(10)13-8(2)6-7-25-13/h6-7,11H,5H2,1-4H3,(H2,18,19,20,21). The second-order valence-corrected chi connectivity index (χ2v) is 7.37. The summed E-state index contributed by atoms with van der Waals surface area (Å²) >= 11 is 2.89. The molecule has 25 heavy (non-hydrogen) atoms. The number of nitrogens with one attached hydrogen (secondary N) is 2. The summed E-state index contributed by atoms with van der Waals surface area (Å²) in [4.78, 5) is 33.6. The summed E-state index contributed by atoms with van der Waals surface area (Å²) in [5.74, 6) is -0.400. The van der Waals surface area contributed by atoms with Gasteiger partial charge in [-0.3, -0.25) is 4.79 Å². The maximum Gasteiger partial charge on any atom is 0.336 e. The molecule has 8 heteroatoms. The first-order valence-electron chi connectivity index (χ1n) is 7.85. The second-order valence-electron chi connectivity index (χ2n) is 5.62. The zero-order chi connectivity index (χ0) is 18.1. The van der Waals surface area contributed by atoms with Gasteiger partial charge >= 0.3 is 5.97 Å². The van der Waals surface area contributed by atoms with Crippen molar-refractivity contribution in [3.05, 3.63) is 49.1 Å². The molecular formula is C17H19N3O3S2. The lowest BCUT2D eigenvalue weighted by Gasteiger charge is -2.28. The van der Waals surface area contributed by atoms with E-state index in [-0.39, 0.29) is 12.2 Å². The summed E-state index contributed by atoms with van der Waals surface area (Å²) in [6, 6.07) is 1.98. The van der Waals surface area contributed by atoms with E-state index in [1.54, 1.807) is 6.92 Å². The van der Waals surface area contributed by atoms with Crippen LogP contribution in [0.25, 0.3) is 0 Å². The van der Waals surface area contributed by atoms with Crippen molar-refractivity contribution in [3.8, 4) is 0 Å². The average molecular weight is 377 g/mol.